The van der Waals surface area contributed by atoms with E-state index in [1.807, 2.05) is 43.3 Å². The van der Waals surface area contributed by atoms with Crippen molar-refractivity contribution < 1.29 is 4.79 Å². The van der Waals surface area contributed by atoms with Crippen molar-refractivity contribution in [3.8, 4) is 11.3 Å². The molecule has 0 saturated heterocycles. The van der Waals surface area contributed by atoms with E-state index < -0.39 is 6.04 Å². The first-order chi connectivity index (χ1) is 13.5. The number of rotatable bonds is 3. The third-order valence-corrected chi connectivity index (χ3v) is 5.51. The normalized spacial score (nSPS) is 14.0. The van der Waals surface area contributed by atoms with Gasteiger partial charge in [0.2, 0.25) is 0 Å². The smallest absolute Gasteiger partial charge is 0.267 e. The molecule has 0 saturated carbocycles. The molecule has 1 aliphatic rings. The van der Waals surface area contributed by atoms with Gasteiger partial charge in [0.15, 0.2) is 0 Å². The van der Waals surface area contributed by atoms with Crippen molar-refractivity contribution in [3.63, 3.8) is 0 Å². The highest BCUT2D eigenvalue weighted by molar-refractivity contribution is 5.97. The van der Waals surface area contributed by atoms with Gasteiger partial charge in [-0.3, -0.25) is 9.59 Å². The van der Waals surface area contributed by atoms with Crippen LogP contribution in [0.1, 0.15) is 29.7 Å². The zero-order valence-electron chi connectivity index (χ0n) is 16.3. The number of hydrogen-bond acceptors (Lipinski definition) is 3. The zero-order chi connectivity index (χ0) is 19.8. The van der Waals surface area contributed by atoms with E-state index in [0.29, 0.717) is 12.2 Å². The van der Waals surface area contributed by atoms with Crippen molar-refractivity contribution in [2.45, 2.75) is 33.2 Å². The number of hydrogen-bond donors (Lipinski definition) is 0. The number of amides is 1. The van der Waals surface area contributed by atoms with Crippen LogP contribution in [0.2, 0.25) is 0 Å². The van der Waals surface area contributed by atoms with Crippen LogP contribution in [0.15, 0.2) is 59.4 Å². The molecular formula is C23H23N3O2. The lowest BCUT2D eigenvalue weighted by molar-refractivity contribution is -0.121. The first kappa shape index (κ1) is 18.2. The summed E-state index contributed by atoms with van der Waals surface area (Å²) in [5, 5.41) is 4.52. The minimum Gasteiger partial charge on any atom is -0.310 e. The molecule has 1 aliphatic heterocycles. The van der Waals surface area contributed by atoms with Gasteiger partial charge >= 0.3 is 0 Å². The van der Waals surface area contributed by atoms with Gasteiger partial charge in [-0.05, 0) is 62.1 Å². The van der Waals surface area contributed by atoms with Gasteiger partial charge in [0.05, 0.1) is 5.69 Å². The summed E-state index contributed by atoms with van der Waals surface area (Å²) in [6.07, 6.45) is 0.833. The van der Waals surface area contributed by atoms with E-state index in [9.17, 15) is 9.59 Å². The monoisotopic (exact) mass is 373 g/mol. The third kappa shape index (κ3) is 3.13. The van der Waals surface area contributed by atoms with Gasteiger partial charge in [0.1, 0.15) is 6.04 Å². The van der Waals surface area contributed by atoms with Crippen molar-refractivity contribution >= 4 is 11.6 Å². The summed E-state index contributed by atoms with van der Waals surface area (Å²) in [6.45, 7) is 6.48. The molecule has 0 radical (unpaired) electrons. The van der Waals surface area contributed by atoms with Crippen molar-refractivity contribution in [1.29, 1.82) is 0 Å². The average Bonchev–Trinajstić information content (AvgIpc) is 3.13. The topological polar surface area (TPSA) is 55.2 Å². The Morgan fingerprint density at radius 1 is 1.04 bits per heavy atom. The molecule has 3 aromatic rings. The van der Waals surface area contributed by atoms with E-state index in [0.717, 1.165) is 28.8 Å². The highest BCUT2D eigenvalue weighted by Crippen LogP contribution is 2.29. The fourth-order valence-electron chi connectivity index (χ4n) is 3.65. The molecule has 2 aromatic carbocycles. The molecular weight excluding hydrogens is 350 g/mol. The molecule has 1 aromatic heterocycles. The summed E-state index contributed by atoms with van der Waals surface area (Å²) in [5.74, 6) is -0.114. The van der Waals surface area contributed by atoms with Crippen LogP contribution in [-0.4, -0.2) is 22.2 Å². The van der Waals surface area contributed by atoms with E-state index in [1.165, 1.54) is 16.3 Å². The Kier molecular flexibility index (Phi) is 4.59. The minimum atomic E-state index is -0.676. The molecule has 1 amide bonds. The average molecular weight is 373 g/mol. The van der Waals surface area contributed by atoms with Gasteiger partial charge in [-0.15, -0.1) is 0 Å². The number of para-hydroxylation sites is 1. The number of aromatic nitrogens is 2. The number of carbonyl (C=O) groups excluding carboxylic acids is 1. The van der Waals surface area contributed by atoms with Crippen LogP contribution in [0, 0.1) is 13.8 Å². The minimum absolute atomic E-state index is 0.114. The van der Waals surface area contributed by atoms with Gasteiger partial charge in [-0.1, -0.05) is 30.3 Å². The van der Waals surface area contributed by atoms with Crippen molar-refractivity contribution in [2.75, 3.05) is 11.4 Å². The number of nitrogens with zero attached hydrogens (tertiary/aromatic N) is 3. The Morgan fingerprint density at radius 2 is 1.82 bits per heavy atom. The molecule has 5 heteroatoms. The van der Waals surface area contributed by atoms with E-state index in [4.69, 9.17) is 0 Å². The lowest BCUT2D eigenvalue weighted by atomic mass is 10.0. The lowest BCUT2D eigenvalue weighted by Crippen LogP contribution is -2.39. The molecule has 2 heterocycles. The van der Waals surface area contributed by atoms with E-state index in [-0.39, 0.29) is 11.5 Å². The largest absolute Gasteiger partial charge is 0.310 e. The number of benzene rings is 2. The summed E-state index contributed by atoms with van der Waals surface area (Å²) in [5.41, 5.74) is 5.79. The first-order valence-electron chi connectivity index (χ1n) is 9.52. The van der Waals surface area contributed by atoms with Crippen LogP contribution >= 0.6 is 0 Å². The van der Waals surface area contributed by atoms with Gasteiger partial charge in [-0.2, -0.15) is 5.10 Å². The molecule has 0 unspecified atom stereocenters. The molecule has 0 bridgehead atoms. The summed E-state index contributed by atoms with van der Waals surface area (Å²) in [6, 6.07) is 16.5. The zero-order valence-corrected chi connectivity index (χ0v) is 16.3. The maximum absolute atomic E-state index is 13.1. The fraction of sp³-hybridized carbons (Fsp3) is 0.261. The highest BCUT2D eigenvalue weighted by Gasteiger charge is 2.29. The molecule has 5 nitrogen and oxygen atoms in total. The lowest BCUT2D eigenvalue weighted by Gasteiger charge is -2.22. The first-order valence-corrected chi connectivity index (χ1v) is 9.52. The maximum Gasteiger partial charge on any atom is 0.267 e. The third-order valence-electron chi connectivity index (χ3n) is 5.51. The standard InChI is InChI=1S/C23H23N3O2/c1-15-8-9-19(14-16(15)2)20-10-11-22(27)26(24-20)17(3)23(28)25-13-12-18-6-4-5-7-21(18)25/h4-11,14,17H,12-13H2,1-3H3/t17-/m0/s1. The second kappa shape index (κ2) is 7.08. The summed E-state index contributed by atoms with van der Waals surface area (Å²) >= 11 is 0. The Morgan fingerprint density at radius 3 is 2.61 bits per heavy atom. The van der Waals surface area contributed by atoms with Gasteiger partial charge in [0, 0.05) is 23.9 Å². The molecule has 0 aliphatic carbocycles. The Balaban J connectivity index is 1.68. The molecule has 0 N–H and O–H groups in total. The Hall–Kier alpha value is -3.21. The molecule has 28 heavy (non-hydrogen) atoms. The summed E-state index contributed by atoms with van der Waals surface area (Å²) < 4.78 is 1.30. The van der Waals surface area contributed by atoms with Crippen LogP contribution in [0.3, 0.4) is 0 Å². The maximum atomic E-state index is 13.1. The van der Waals surface area contributed by atoms with Crippen LogP contribution in [-0.2, 0) is 11.2 Å². The molecule has 0 fully saturated rings. The van der Waals surface area contributed by atoms with Gasteiger partial charge in [0.25, 0.3) is 11.5 Å². The van der Waals surface area contributed by atoms with E-state index >= 15 is 0 Å². The number of anilines is 1. The second-order valence-corrected chi connectivity index (χ2v) is 7.34. The van der Waals surface area contributed by atoms with Crippen LogP contribution < -0.4 is 10.5 Å². The predicted octanol–water partition coefficient (Wildman–Crippen LogP) is 3.68. The molecule has 4 rings (SSSR count). The van der Waals surface area contributed by atoms with Crippen molar-refractivity contribution in [3.05, 3.63) is 81.6 Å². The second-order valence-electron chi connectivity index (χ2n) is 7.34. The molecule has 1 atom stereocenters. The quantitative estimate of drug-likeness (QED) is 0.704. The Bertz CT molecular complexity index is 1120. The van der Waals surface area contributed by atoms with Crippen LogP contribution in [0.5, 0.6) is 0 Å². The summed E-state index contributed by atoms with van der Waals surface area (Å²) in [4.78, 5) is 27.4. The molecule has 142 valence electrons. The van der Waals surface area contributed by atoms with Crippen LogP contribution in [0.4, 0.5) is 5.69 Å². The number of fused-ring (bicyclic) bond motifs is 1. The predicted molar refractivity (Wildman–Crippen MR) is 111 cm³/mol. The van der Waals surface area contributed by atoms with Gasteiger partial charge in [-0.25, -0.2) is 4.68 Å². The van der Waals surface area contributed by atoms with Gasteiger partial charge < -0.3 is 4.90 Å². The van der Waals surface area contributed by atoms with Crippen molar-refractivity contribution in [2.24, 2.45) is 0 Å². The molecule has 0 spiro atoms. The van der Waals surface area contributed by atoms with E-state index in [1.54, 1.807) is 17.9 Å². The van der Waals surface area contributed by atoms with E-state index in [2.05, 4.69) is 18.1 Å². The number of aryl methyl sites for hydroxylation is 2. The number of carbonyl (C=O) groups is 1. The summed E-state index contributed by atoms with van der Waals surface area (Å²) in [7, 11) is 0. The van der Waals surface area contributed by atoms with Crippen LogP contribution in [0.25, 0.3) is 11.3 Å². The SMILES string of the molecule is Cc1ccc(-c2ccc(=O)n([C@@H](C)C(=O)N3CCc4ccccc43)n2)cc1C. The highest BCUT2D eigenvalue weighted by atomic mass is 16.2. The Labute approximate surface area is 164 Å². The van der Waals surface area contributed by atoms with Crippen molar-refractivity contribution in [1.82, 2.24) is 9.78 Å². The fourth-order valence-corrected chi connectivity index (χ4v) is 3.65.